The van der Waals surface area contributed by atoms with Crippen LogP contribution in [0.15, 0.2) is 12.4 Å². The lowest BCUT2D eigenvalue weighted by atomic mass is 9.93. The number of amides is 1. The molecule has 1 saturated carbocycles. The van der Waals surface area contributed by atoms with Crippen molar-refractivity contribution < 1.29 is 4.79 Å². The number of hydrogen-bond donors (Lipinski definition) is 1. The van der Waals surface area contributed by atoms with Crippen LogP contribution in [0.2, 0.25) is 0 Å². The smallest absolute Gasteiger partial charge is 0.224 e. The Morgan fingerprint density at radius 2 is 2.00 bits per heavy atom. The van der Waals surface area contributed by atoms with Crippen molar-refractivity contribution >= 4 is 5.91 Å². The van der Waals surface area contributed by atoms with Crippen LogP contribution in [0.1, 0.15) is 44.1 Å². The second-order valence-corrected chi connectivity index (χ2v) is 8.15. The lowest BCUT2D eigenvalue weighted by Gasteiger charge is -2.42. The number of hydrogen-bond acceptors (Lipinski definition) is 4. The third kappa shape index (κ3) is 4.42. The van der Waals surface area contributed by atoms with Crippen LogP contribution in [0.3, 0.4) is 0 Å². The highest BCUT2D eigenvalue weighted by Crippen LogP contribution is 2.26. The quantitative estimate of drug-likeness (QED) is 0.876. The second-order valence-electron chi connectivity index (χ2n) is 8.15. The summed E-state index contributed by atoms with van der Waals surface area (Å²) in [4.78, 5) is 17.5. The standard InChI is InChI=1S/C19H31N5O/c1-22-12-15(11-20-22)13-23-9-6-18(7-10-23)24-8-2-3-16(14-24)19(25)21-17-4-5-17/h11-12,16-18H,2-10,13-14H2,1H3,(H,21,25)/t16-/m0/s1. The molecule has 3 aliphatic rings. The number of aryl methyl sites for hydroxylation is 1. The van der Waals surface area contributed by atoms with Gasteiger partial charge >= 0.3 is 0 Å². The van der Waals surface area contributed by atoms with E-state index in [2.05, 4.69) is 26.4 Å². The summed E-state index contributed by atoms with van der Waals surface area (Å²) >= 11 is 0. The van der Waals surface area contributed by atoms with Crippen LogP contribution in [0, 0.1) is 5.92 Å². The average molecular weight is 345 g/mol. The summed E-state index contributed by atoms with van der Waals surface area (Å²) in [6.07, 6.45) is 11.1. The first kappa shape index (κ1) is 17.0. The SMILES string of the molecule is Cn1cc(CN2CCC(N3CCC[C@H](C(=O)NC4CC4)C3)CC2)cn1. The highest BCUT2D eigenvalue weighted by molar-refractivity contribution is 5.79. The van der Waals surface area contributed by atoms with Crippen LogP contribution in [0.4, 0.5) is 0 Å². The van der Waals surface area contributed by atoms with E-state index in [1.165, 1.54) is 44.2 Å². The second kappa shape index (κ2) is 7.46. The topological polar surface area (TPSA) is 53.4 Å². The number of carbonyl (C=O) groups excluding carboxylic acids is 1. The molecular weight excluding hydrogens is 314 g/mol. The molecule has 3 fully saturated rings. The van der Waals surface area contributed by atoms with Gasteiger partial charge in [-0.15, -0.1) is 0 Å². The van der Waals surface area contributed by atoms with Crippen molar-refractivity contribution in [2.45, 2.75) is 57.2 Å². The first-order valence-corrected chi connectivity index (χ1v) is 9.91. The predicted molar refractivity (Wildman–Crippen MR) is 97.0 cm³/mol. The van der Waals surface area contributed by atoms with Crippen LogP contribution in [0.5, 0.6) is 0 Å². The van der Waals surface area contributed by atoms with E-state index >= 15 is 0 Å². The minimum absolute atomic E-state index is 0.211. The molecule has 0 unspecified atom stereocenters. The molecule has 0 bridgehead atoms. The fourth-order valence-electron chi connectivity index (χ4n) is 4.35. The number of nitrogens with zero attached hydrogens (tertiary/aromatic N) is 4. The summed E-state index contributed by atoms with van der Waals surface area (Å²) in [5.74, 6) is 0.518. The molecule has 138 valence electrons. The summed E-state index contributed by atoms with van der Waals surface area (Å²) in [7, 11) is 1.97. The monoisotopic (exact) mass is 345 g/mol. The van der Waals surface area contributed by atoms with E-state index in [0.29, 0.717) is 18.0 Å². The summed E-state index contributed by atoms with van der Waals surface area (Å²) in [6.45, 7) is 5.43. The number of likely N-dealkylation sites (tertiary alicyclic amines) is 2. The summed E-state index contributed by atoms with van der Waals surface area (Å²) in [5, 5.41) is 7.47. The molecule has 3 heterocycles. The van der Waals surface area contributed by atoms with Crippen LogP contribution in [0.25, 0.3) is 0 Å². The maximum Gasteiger partial charge on any atom is 0.224 e. The van der Waals surface area contributed by atoms with E-state index in [4.69, 9.17) is 0 Å². The van der Waals surface area contributed by atoms with E-state index in [9.17, 15) is 4.79 Å². The molecule has 4 rings (SSSR count). The summed E-state index contributed by atoms with van der Waals surface area (Å²) < 4.78 is 1.88. The molecule has 2 aliphatic heterocycles. The predicted octanol–water partition coefficient (Wildman–Crippen LogP) is 1.38. The van der Waals surface area contributed by atoms with Gasteiger partial charge in [-0.1, -0.05) is 0 Å². The van der Waals surface area contributed by atoms with Crippen molar-refractivity contribution in [1.82, 2.24) is 24.9 Å². The van der Waals surface area contributed by atoms with E-state index < -0.39 is 0 Å². The molecule has 6 nitrogen and oxygen atoms in total. The lowest BCUT2D eigenvalue weighted by Crippen LogP contribution is -2.50. The Labute approximate surface area is 150 Å². The maximum absolute atomic E-state index is 12.4. The molecule has 0 spiro atoms. The summed E-state index contributed by atoms with van der Waals surface area (Å²) in [5.41, 5.74) is 1.30. The molecule has 0 aromatic carbocycles. The maximum atomic E-state index is 12.4. The fourth-order valence-corrected chi connectivity index (χ4v) is 4.35. The number of aromatic nitrogens is 2. The van der Waals surface area contributed by atoms with Gasteiger partial charge < -0.3 is 5.32 Å². The van der Waals surface area contributed by atoms with Gasteiger partial charge in [0.25, 0.3) is 0 Å². The van der Waals surface area contributed by atoms with Crippen LogP contribution < -0.4 is 5.32 Å². The van der Waals surface area contributed by atoms with E-state index in [1.54, 1.807) is 0 Å². The van der Waals surface area contributed by atoms with Crippen molar-refractivity contribution in [3.05, 3.63) is 18.0 Å². The van der Waals surface area contributed by atoms with E-state index in [0.717, 1.165) is 32.6 Å². The average Bonchev–Trinajstić information content (AvgIpc) is 3.35. The molecule has 25 heavy (non-hydrogen) atoms. The third-order valence-corrected chi connectivity index (χ3v) is 5.99. The molecule has 1 N–H and O–H groups in total. The minimum Gasteiger partial charge on any atom is -0.353 e. The first-order chi connectivity index (χ1) is 12.2. The van der Waals surface area contributed by atoms with Gasteiger partial charge in [0.2, 0.25) is 5.91 Å². The van der Waals surface area contributed by atoms with E-state index in [1.807, 2.05) is 17.9 Å². The van der Waals surface area contributed by atoms with Gasteiger partial charge in [0.15, 0.2) is 0 Å². The van der Waals surface area contributed by atoms with E-state index in [-0.39, 0.29) is 5.92 Å². The van der Waals surface area contributed by atoms with Crippen molar-refractivity contribution in [2.75, 3.05) is 26.2 Å². The fraction of sp³-hybridized carbons (Fsp3) is 0.789. The Morgan fingerprint density at radius 1 is 1.20 bits per heavy atom. The van der Waals surface area contributed by atoms with Gasteiger partial charge in [-0.25, -0.2) is 0 Å². The molecule has 1 aliphatic carbocycles. The van der Waals surface area contributed by atoms with Gasteiger partial charge in [-0.3, -0.25) is 19.3 Å². The Hall–Kier alpha value is -1.40. The first-order valence-electron chi connectivity index (χ1n) is 9.91. The molecule has 1 atom stereocenters. The third-order valence-electron chi connectivity index (χ3n) is 5.99. The van der Waals surface area contributed by atoms with Crippen LogP contribution >= 0.6 is 0 Å². The Bertz CT molecular complexity index is 588. The molecule has 1 amide bonds. The van der Waals surface area contributed by atoms with Gasteiger partial charge in [0.05, 0.1) is 12.1 Å². The van der Waals surface area contributed by atoms with Crippen molar-refractivity contribution in [3.63, 3.8) is 0 Å². The Balaban J connectivity index is 1.24. The molecule has 1 aromatic heterocycles. The van der Waals surface area contributed by atoms with Crippen molar-refractivity contribution in [3.8, 4) is 0 Å². The number of rotatable bonds is 5. The molecule has 0 radical (unpaired) electrons. The minimum atomic E-state index is 0.211. The zero-order chi connectivity index (χ0) is 17.2. The lowest BCUT2D eigenvalue weighted by molar-refractivity contribution is -0.127. The highest BCUT2D eigenvalue weighted by atomic mass is 16.2. The largest absolute Gasteiger partial charge is 0.353 e. The molecule has 1 aromatic rings. The molecule has 2 saturated heterocycles. The highest BCUT2D eigenvalue weighted by Gasteiger charge is 2.33. The van der Waals surface area contributed by atoms with Gasteiger partial charge in [-0.05, 0) is 58.2 Å². The number of nitrogens with one attached hydrogen (secondary N) is 1. The van der Waals surface area contributed by atoms with Gasteiger partial charge in [0.1, 0.15) is 0 Å². The molecular formula is C19H31N5O. The van der Waals surface area contributed by atoms with Crippen molar-refractivity contribution in [2.24, 2.45) is 13.0 Å². The zero-order valence-corrected chi connectivity index (χ0v) is 15.4. The Kier molecular flexibility index (Phi) is 5.08. The van der Waals surface area contributed by atoms with Gasteiger partial charge in [-0.2, -0.15) is 5.10 Å². The number of piperidine rings is 2. The van der Waals surface area contributed by atoms with Crippen LogP contribution in [-0.4, -0.2) is 63.8 Å². The van der Waals surface area contributed by atoms with Crippen LogP contribution in [-0.2, 0) is 18.4 Å². The number of carbonyl (C=O) groups is 1. The van der Waals surface area contributed by atoms with Gasteiger partial charge in [0, 0.05) is 44.0 Å². The molecule has 6 heteroatoms. The Morgan fingerprint density at radius 3 is 2.68 bits per heavy atom. The normalized spacial score (nSPS) is 26.7. The summed E-state index contributed by atoms with van der Waals surface area (Å²) in [6, 6.07) is 1.14. The van der Waals surface area contributed by atoms with Crippen molar-refractivity contribution in [1.29, 1.82) is 0 Å². The zero-order valence-electron chi connectivity index (χ0n) is 15.4.